The molecule has 80 valence electrons. The molecule has 2 aromatic rings. The minimum atomic E-state index is -0.917. The Morgan fingerprint density at radius 2 is 1.73 bits per heavy atom. The molecule has 0 unspecified atom stereocenters. The number of benzene rings is 1. The number of hydrogen-bond donors (Lipinski definition) is 0. The van der Waals surface area contributed by atoms with E-state index < -0.39 is 11.6 Å². The molecule has 1 heterocycles. The van der Waals surface area contributed by atoms with Crippen molar-refractivity contribution in [1.82, 2.24) is 4.98 Å². The van der Waals surface area contributed by atoms with Gasteiger partial charge in [0.15, 0.2) is 17.2 Å². The largest absolute Gasteiger partial charge is 0.440 e. The summed E-state index contributed by atoms with van der Waals surface area (Å²) in [6, 6.07) is 2.07. The van der Waals surface area contributed by atoms with Crippen LogP contribution in [0.25, 0.3) is 11.1 Å². The highest BCUT2D eigenvalue weighted by Gasteiger charge is 2.21. The normalized spacial score (nSPS) is 12.3. The molecular weight excluding hydrogens is 200 g/mol. The first kappa shape index (κ1) is 10.1. The zero-order chi connectivity index (χ0) is 11.2. The highest BCUT2D eigenvalue weighted by molar-refractivity contribution is 5.72. The van der Waals surface area contributed by atoms with Crippen LogP contribution in [0.1, 0.15) is 26.7 Å². The molecule has 0 amide bonds. The Morgan fingerprint density at radius 1 is 1.13 bits per heavy atom. The van der Waals surface area contributed by atoms with Gasteiger partial charge in [-0.3, -0.25) is 0 Å². The number of halogens is 2. The predicted molar refractivity (Wildman–Crippen MR) is 52.6 cm³/mol. The van der Waals surface area contributed by atoms with Crippen molar-refractivity contribution in [3.05, 3.63) is 29.7 Å². The van der Waals surface area contributed by atoms with E-state index in [9.17, 15) is 8.78 Å². The van der Waals surface area contributed by atoms with Gasteiger partial charge >= 0.3 is 0 Å². The van der Waals surface area contributed by atoms with Crippen molar-refractivity contribution in [2.75, 3.05) is 0 Å². The highest BCUT2D eigenvalue weighted by atomic mass is 19.2. The monoisotopic (exact) mass is 211 g/mol. The molecular formula is C11H11F2NO. The SMILES string of the molecule is CC(C)(C)c1nc2cc(F)c(F)cc2o1. The zero-order valence-corrected chi connectivity index (χ0v) is 8.77. The van der Waals surface area contributed by atoms with Crippen LogP contribution in [0, 0.1) is 11.6 Å². The van der Waals surface area contributed by atoms with Crippen LogP contribution in [-0.2, 0) is 5.41 Å². The lowest BCUT2D eigenvalue weighted by molar-refractivity contribution is 0.410. The van der Waals surface area contributed by atoms with E-state index in [0.717, 1.165) is 12.1 Å². The maximum atomic E-state index is 12.9. The van der Waals surface area contributed by atoms with E-state index in [0.29, 0.717) is 11.4 Å². The first-order valence-corrected chi connectivity index (χ1v) is 4.64. The molecule has 0 spiro atoms. The van der Waals surface area contributed by atoms with Crippen LogP contribution in [0.5, 0.6) is 0 Å². The van der Waals surface area contributed by atoms with Gasteiger partial charge in [0.1, 0.15) is 5.52 Å². The Labute approximate surface area is 85.9 Å². The maximum absolute atomic E-state index is 12.9. The van der Waals surface area contributed by atoms with Crippen molar-refractivity contribution in [3.8, 4) is 0 Å². The van der Waals surface area contributed by atoms with Gasteiger partial charge in [-0.2, -0.15) is 0 Å². The summed E-state index contributed by atoms with van der Waals surface area (Å²) in [6.45, 7) is 5.76. The van der Waals surface area contributed by atoms with E-state index >= 15 is 0 Å². The van der Waals surface area contributed by atoms with Gasteiger partial charge in [-0.1, -0.05) is 20.8 Å². The van der Waals surface area contributed by atoms with Crippen molar-refractivity contribution in [3.63, 3.8) is 0 Å². The van der Waals surface area contributed by atoms with Gasteiger partial charge in [-0.15, -0.1) is 0 Å². The number of nitrogens with zero attached hydrogens (tertiary/aromatic N) is 1. The first-order valence-electron chi connectivity index (χ1n) is 4.64. The molecule has 0 atom stereocenters. The van der Waals surface area contributed by atoms with Crippen molar-refractivity contribution < 1.29 is 13.2 Å². The zero-order valence-electron chi connectivity index (χ0n) is 8.77. The van der Waals surface area contributed by atoms with Crippen LogP contribution in [0.2, 0.25) is 0 Å². The molecule has 1 aromatic heterocycles. The predicted octanol–water partition coefficient (Wildman–Crippen LogP) is 3.40. The molecule has 0 saturated carbocycles. The molecule has 0 radical (unpaired) electrons. The molecule has 0 aliphatic rings. The van der Waals surface area contributed by atoms with Crippen LogP contribution in [-0.4, -0.2) is 4.98 Å². The van der Waals surface area contributed by atoms with Crippen LogP contribution in [0.3, 0.4) is 0 Å². The maximum Gasteiger partial charge on any atom is 0.200 e. The molecule has 1 aromatic carbocycles. The summed E-state index contributed by atoms with van der Waals surface area (Å²) >= 11 is 0. The quantitative estimate of drug-likeness (QED) is 0.667. The summed E-state index contributed by atoms with van der Waals surface area (Å²) in [4.78, 5) is 4.11. The van der Waals surface area contributed by atoms with Gasteiger partial charge in [0.05, 0.1) is 0 Å². The van der Waals surface area contributed by atoms with Crippen molar-refractivity contribution in [2.45, 2.75) is 26.2 Å². The van der Waals surface area contributed by atoms with Crippen LogP contribution in [0.4, 0.5) is 8.78 Å². The molecule has 0 bridgehead atoms. The second-order valence-corrected chi connectivity index (χ2v) is 4.50. The summed E-state index contributed by atoms with van der Waals surface area (Å²) < 4.78 is 31.1. The Kier molecular flexibility index (Phi) is 2.03. The molecule has 0 saturated heterocycles. The van der Waals surface area contributed by atoms with E-state index in [1.807, 2.05) is 20.8 Å². The van der Waals surface area contributed by atoms with Crippen LogP contribution >= 0.6 is 0 Å². The Hall–Kier alpha value is -1.45. The fourth-order valence-electron chi connectivity index (χ4n) is 1.24. The summed E-state index contributed by atoms with van der Waals surface area (Å²) in [6.07, 6.45) is 0. The summed E-state index contributed by atoms with van der Waals surface area (Å²) in [7, 11) is 0. The number of hydrogen-bond acceptors (Lipinski definition) is 2. The Bertz CT molecular complexity index is 472. The third-order valence-electron chi connectivity index (χ3n) is 2.07. The number of fused-ring (bicyclic) bond motifs is 1. The van der Waals surface area contributed by atoms with E-state index in [4.69, 9.17) is 4.42 Å². The molecule has 2 rings (SSSR count). The average Bonchev–Trinajstić information content (AvgIpc) is 2.47. The molecule has 0 aliphatic carbocycles. The van der Waals surface area contributed by atoms with Crippen molar-refractivity contribution in [1.29, 1.82) is 0 Å². The van der Waals surface area contributed by atoms with E-state index in [1.165, 1.54) is 0 Å². The standard InChI is InChI=1S/C11H11F2NO/c1-11(2,3)10-14-8-4-6(12)7(13)5-9(8)15-10/h4-5H,1-3H3. The summed E-state index contributed by atoms with van der Waals surface area (Å²) in [5, 5.41) is 0. The molecule has 4 heteroatoms. The molecule has 0 fully saturated rings. The fourth-order valence-corrected chi connectivity index (χ4v) is 1.24. The van der Waals surface area contributed by atoms with E-state index in [1.54, 1.807) is 0 Å². The van der Waals surface area contributed by atoms with Gasteiger partial charge in [0.2, 0.25) is 5.89 Å². The second-order valence-electron chi connectivity index (χ2n) is 4.50. The topological polar surface area (TPSA) is 26.0 Å². The second kappa shape index (κ2) is 3.02. The fraction of sp³-hybridized carbons (Fsp3) is 0.364. The van der Waals surface area contributed by atoms with Gasteiger partial charge in [-0.05, 0) is 0 Å². The minimum Gasteiger partial charge on any atom is -0.440 e. The lowest BCUT2D eigenvalue weighted by atomic mass is 9.97. The lowest BCUT2D eigenvalue weighted by Crippen LogP contribution is -2.10. The molecule has 15 heavy (non-hydrogen) atoms. The van der Waals surface area contributed by atoms with Gasteiger partial charge < -0.3 is 4.42 Å². The smallest absolute Gasteiger partial charge is 0.200 e. The lowest BCUT2D eigenvalue weighted by Gasteiger charge is -2.11. The van der Waals surface area contributed by atoms with Crippen LogP contribution in [0.15, 0.2) is 16.5 Å². The van der Waals surface area contributed by atoms with Crippen molar-refractivity contribution >= 4 is 11.1 Å². The molecule has 0 N–H and O–H groups in total. The minimum absolute atomic E-state index is 0.272. The summed E-state index contributed by atoms with van der Waals surface area (Å²) in [5.41, 5.74) is 0.351. The first-order chi connectivity index (χ1) is 6.88. The van der Waals surface area contributed by atoms with E-state index in [-0.39, 0.29) is 11.0 Å². The Morgan fingerprint density at radius 3 is 2.33 bits per heavy atom. The molecule has 0 aliphatic heterocycles. The van der Waals surface area contributed by atoms with E-state index in [2.05, 4.69) is 4.98 Å². The summed E-state index contributed by atoms with van der Waals surface area (Å²) in [5.74, 6) is -1.35. The number of aromatic nitrogens is 1. The number of rotatable bonds is 0. The van der Waals surface area contributed by atoms with Crippen LogP contribution < -0.4 is 0 Å². The van der Waals surface area contributed by atoms with Gasteiger partial charge in [0.25, 0.3) is 0 Å². The third-order valence-corrected chi connectivity index (χ3v) is 2.07. The Balaban J connectivity index is 2.66. The van der Waals surface area contributed by atoms with Gasteiger partial charge in [0, 0.05) is 17.5 Å². The van der Waals surface area contributed by atoms with Crippen molar-refractivity contribution in [2.24, 2.45) is 0 Å². The van der Waals surface area contributed by atoms with Gasteiger partial charge in [-0.25, -0.2) is 13.8 Å². The third kappa shape index (κ3) is 1.71. The number of oxazole rings is 1. The highest BCUT2D eigenvalue weighted by Crippen LogP contribution is 2.26. The average molecular weight is 211 g/mol. The molecule has 2 nitrogen and oxygen atoms in total.